The van der Waals surface area contributed by atoms with Crippen LogP contribution in [0, 0.1) is 5.92 Å². The van der Waals surface area contributed by atoms with E-state index < -0.39 is 5.60 Å². The Balaban J connectivity index is 1.59. The van der Waals surface area contributed by atoms with E-state index in [-0.39, 0.29) is 11.2 Å². The maximum atomic E-state index is 14.0. The molecule has 2 bridgehead atoms. The summed E-state index contributed by atoms with van der Waals surface area (Å²) in [5.41, 5.74) is 2.39. The molecule has 0 aromatic heterocycles. The van der Waals surface area contributed by atoms with Crippen LogP contribution in [-0.4, -0.2) is 49.6 Å². The number of hydrogen-bond acceptors (Lipinski definition) is 5. The van der Waals surface area contributed by atoms with Crippen LogP contribution in [0.5, 0.6) is 17.2 Å². The Morgan fingerprint density at radius 1 is 1.21 bits per heavy atom. The first-order valence-electron chi connectivity index (χ1n) is 12.9. The first kappa shape index (κ1) is 22.0. The number of methoxy groups -OCH3 is 1. The Morgan fingerprint density at radius 2 is 2.03 bits per heavy atom. The van der Waals surface area contributed by atoms with Gasteiger partial charge in [0.2, 0.25) is 0 Å². The Morgan fingerprint density at radius 3 is 2.79 bits per heavy atom. The Bertz CT molecular complexity index is 1110. The van der Waals surface area contributed by atoms with Gasteiger partial charge in [0.1, 0.15) is 5.75 Å². The summed E-state index contributed by atoms with van der Waals surface area (Å²) in [6, 6.07) is 12.8. The molecule has 0 amide bonds. The number of hydrogen-bond donors (Lipinski definition) is 0. The maximum Gasteiger partial charge on any atom is 0.181 e. The molecule has 2 fully saturated rings. The van der Waals surface area contributed by atoms with Gasteiger partial charge in [-0.05, 0) is 50.8 Å². The van der Waals surface area contributed by atoms with Gasteiger partial charge in [-0.25, -0.2) is 0 Å². The second-order valence-electron chi connectivity index (χ2n) is 10.6. The van der Waals surface area contributed by atoms with E-state index in [4.69, 9.17) is 14.2 Å². The van der Waals surface area contributed by atoms with Crippen molar-refractivity contribution in [3.8, 4) is 17.2 Å². The molecular weight excluding hydrogens is 426 g/mol. The summed E-state index contributed by atoms with van der Waals surface area (Å²) in [4.78, 5) is 16.5. The predicted octanol–water partition coefficient (Wildman–Crippen LogP) is 4.73. The van der Waals surface area contributed by atoms with Crippen molar-refractivity contribution in [2.45, 2.75) is 68.9 Å². The molecule has 2 aromatic carbocycles. The summed E-state index contributed by atoms with van der Waals surface area (Å²) in [6.45, 7) is 3.84. The van der Waals surface area contributed by atoms with E-state index in [1.54, 1.807) is 7.11 Å². The predicted molar refractivity (Wildman–Crippen MR) is 131 cm³/mol. The number of carbonyl (C=O) groups is 1. The number of benzene rings is 2. The third-order valence-corrected chi connectivity index (χ3v) is 9.10. The summed E-state index contributed by atoms with van der Waals surface area (Å²) in [7, 11) is 3.94. The summed E-state index contributed by atoms with van der Waals surface area (Å²) in [5.74, 6) is 3.04. The number of likely N-dealkylation sites (N-methyl/N-ethyl adjacent to an activating group) is 1. The number of carbonyl (C=O) groups excluding carboxylic acids is 1. The maximum absolute atomic E-state index is 14.0. The molecule has 180 valence electrons. The highest BCUT2D eigenvalue weighted by Gasteiger charge is 2.73. The van der Waals surface area contributed by atoms with Crippen molar-refractivity contribution in [1.82, 2.24) is 4.90 Å². The van der Waals surface area contributed by atoms with Crippen molar-refractivity contribution in [3.05, 3.63) is 53.1 Å². The molecule has 5 nitrogen and oxygen atoms in total. The van der Waals surface area contributed by atoms with Gasteiger partial charge in [0.05, 0.1) is 19.1 Å². The Hall–Kier alpha value is -2.53. The van der Waals surface area contributed by atoms with Gasteiger partial charge in [-0.2, -0.15) is 0 Å². The van der Waals surface area contributed by atoms with E-state index in [9.17, 15) is 4.79 Å². The molecule has 4 atom stereocenters. The van der Waals surface area contributed by atoms with Crippen molar-refractivity contribution in [2.24, 2.45) is 5.92 Å². The zero-order chi connectivity index (χ0) is 23.5. The van der Waals surface area contributed by atoms with Crippen LogP contribution in [0.2, 0.25) is 0 Å². The molecule has 2 aliphatic heterocycles. The lowest BCUT2D eigenvalue weighted by Gasteiger charge is -2.61. The van der Waals surface area contributed by atoms with Crippen molar-refractivity contribution in [2.75, 3.05) is 27.3 Å². The highest BCUT2D eigenvalue weighted by Crippen LogP contribution is 2.68. The number of nitrogens with zero attached hydrogens (tertiary/aromatic N) is 1. The third kappa shape index (κ3) is 2.79. The normalized spacial score (nSPS) is 31.1. The molecule has 0 N–H and O–H groups in total. The van der Waals surface area contributed by atoms with Gasteiger partial charge in [0, 0.05) is 36.1 Å². The van der Waals surface area contributed by atoms with E-state index in [1.165, 1.54) is 11.1 Å². The van der Waals surface area contributed by atoms with Crippen molar-refractivity contribution in [1.29, 1.82) is 0 Å². The van der Waals surface area contributed by atoms with E-state index in [1.807, 2.05) is 12.1 Å². The zero-order valence-electron chi connectivity index (χ0n) is 20.6. The average molecular weight is 462 g/mol. The fourth-order valence-electron chi connectivity index (χ4n) is 7.57. The number of rotatable bonds is 7. The molecule has 1 saturated heterocycles. The largest absolute Gasteiger partial charge is 0.493 e. The summed E-state index contributed by atoms with van der Waals surface area (Å²) >= 11 is 0. The standard InChI is InChI=1S/C29H35NO4/c1-4-5-15-33-23-17-24(32-3)27-26-20(23)16-22-21-11-12-25(31)29(34-27,18-19-9-7-6-8-10-19)28(21,26)13-14-30(22)2/h6-10,17,21-22H,4-5,11-16,18H2,1-3H3/t21-,22+,28-,29-/m0/s1. The molecule has 5 heteroatoms. The topological polar surface area (TPSA) is 48.0 Å². The minimum atomic E-state index is -0.885. The molecule has 6 rings (SSSR count). The van der Waals surface area contributed by atoms with Crippen LogP contribution in [0.1, 0.15) is 55.7 Å². The fraction of sp³-hybridized carbons (Fsp3) is 0.552. The van der Waals surface area contributed by atoms with E-state index in [2.05, 4.69) is 43.1 Å². The second kappa shape index (κ2) is 8.01. The molecule has 2 aromatic rings. The summed E-state index contributed by atoms with van der Waals surface area (Å²) in [6.07, 6.45) is 6.07. The lowest BCUT2D eigenvalue weighted by atomic mass is 9.46. The third-order valence-electron chi connectivity index (χ3n) is 9.10. The number of Topliss-reactive ketones (excluding diaryl/α,β-unsaturated/α-hetero) is 1. The number of piperidine rings is 1. The molecule has 0 radical (unpaired) electrons. The minimum absolute atomic E-state index is 0.246. The van der Waals surface area contributed by atoms with Gasteiger partial charge in [0.15, 0.2) is 22.9 Å². The monoisotopic (exact) mass is 461 g/mol. The summed E-state index contributed by atoms with van der Waals surface area (Å²) in [5, 5.41) is 0. The van der Waals surface area contributed by atoms with Crippen LogP contribution in [0.4, 0.5) is 0 Å². The van der Waals surface area contributed by atoms with Crippen LogP contribution in [0.15, 0.2) is 36.4 Å². The van der Waals surface area contributed by atoms with Gasteiger partial charge in [-0.15, -0.1) is 0 Å². The number of ether oxygens (including phenoxy) is 3. The average Bonchev–Trinajstić information content (AvgIpc) is 3.14. The van der Waals surface area contributed by atoms with Crippen LogP contribution in [0.3, 0.4) is 0 Å². The van der Waals surface area contributed by atoms with Crippen LogP contribution in [0.25, 0.3) is 0 Å². The Labute approximate surface area is 202 Å². The number of ketones is 1. The van der Waals surface area contributed by atoms with E-state index >= 15 is 0 Å². The minimum Gasteiger partial charge on any atom is -0.493 e. The molecule has 2 aliphatic carbocycles. The SMILES string of the molecule is CCCCOc1cc(OC)c2c3c1C[C@@H]1[C@@H]4CCC(=O)[C@](Cc5ccccc5)(O2)[C@]34CCN1C. The molecule has 4 aliphatic rings. The van der Waals surface area contributed by atoms with Gasteiger partial charge < -0.3 is 19.1 Å². The molecule has 0 unspecified atom stereocenters. The van der Waals surface area contributed by atoms with Gasteiger partial charge in [-0.1, -0.05) is 43.7 Å². The Kier molecular flexibility index (Phi) is 5.18. The van der Waals surface area contributed by atoms with Gasteiger partial charge >= 0.3 is 0 Å². The lowest BCUT2D eigenvalue weighted by Crippen LogP contribution is -2.72. The molecular formula is C29H35NO4. The molecule has 1 spiro atoms. The van der Waals surface area contributed by atoms with Crippen molar-refractivity contribution >= 4 is 5.78 Å². The van der Waals surface area contributed by atoms with Crippen LogP contribution < -0.4 is 14.2 Å². The first-order chi connectivity index (χ1) is 16.6. The smallest absolute Gasteiger partial charge is 0.181 e. The summed E-state index contributed by atoms with van der Waals surface area (Å²) < 4.78 is 19.2. The van der Waals surface area contributed by atoms with Gasteiger partial charge in [0.25, 0.3) is 0 Å². The van der Waals surface area contributed by atoms with Crippen LogP contribution in [-0.2, 0) is 23.1 Å². The lowest BCUT2D eigenvalue weighted by molar-refractivity contribution is -0.156. The zero-order valence-corrected chi connectivity index (χ0v) is 20.6. The molecule has 1 saturated carbocycles. The second-order valence-corrected chi connectivity index (χ2v) is 10.6. The fourth-order valence-corrected chi connectivity index (χ4v) is 7.57. The van der Waals surface area contributed by atoms with E-state index in [0.29, 0.717) is 37.2 Å². The molecule has 34 heavy (non-hydrogen) atoms. The number of likely N-dealkylation sites (tertiary alicyclic amines) is 1. The van der Waals surface area contributed by atoms with Crippen molar-refractivity contribution < 1.29 is 19.0 Å². The highest BCUT2D eigenvalue weighted by atomic mass is 16.5. The highest BCUT2D eigenvalue weighted by molar-refractivity contribution is 5.94. The van der Waals surface area contributed by atoms with E-state index in [0.717, 1.165) is 55.7 Å². The van der Waals surface area contributed by atoms with Crippen LogP contribution >= 0.6 is 0 Å². The quantitative estimate of drug-likeness (QED) is 0.558. The molecule has 2 heterocycles. The van der Waals surface area contributed by atoms with Crippen molar-refractivity contribution in [3.63, 3.8) is 0 Å². The van der Waals surface area contributed by atoms with Gasteiger partial charge in [-0.3, -0.25) is 4.79 Å². The number of unbranched alkanes of at least 4 members (excludes halogenated alkanes) is 1. The first-order valence-corrected chi connectivity index (χ1v) is 12.9.